The molecule has 0 atom stereocenters. The van der Waals surface area contributed by atoms with Crippen LogP contribution in [-0.4, -0.2) is 19.6 Å². The fourth-order valence-corrected chi connectivity index (χ4v) is 1.58. The summed E-state index contributed by atoms with van der Waals surface area (Å²) in [5.41, 5.74) is 6.94. The normalized spacial score (nSPS) is 9.93. The third-order valence-corrected chi connectivity index (χ3v) is 2.38. The molecular weight excluding hydrogens is 246 g/mol. The smallest absolute Gasteiger partial charge is 0.338 e. The van der Waals surface area contributed by atoms with Crippen LogP contribution < -0.4 is 5.73 Å². The molecule has 0 saturated carbocycles. The Hall–Kier alpha value is -0.870. The summed E-state index contributed by atoms with van der Waals surface area (Å²) < 4.78 is 5.54. The number of benzene rings is 1. The molecule has 0 spiro atoms. The molecule has 0 radical (unpaired) electrons. The minimum atomic E-state index is -0.324. The summed E-state index contributed by atoms with van der Waals surface area (Å²) >= 11 is 3.31. The van der Waals surface area contributed by atoms with Crippen molar-refractivity contribution >= 4 is 21.9 Å². The first kappa shape index (κ1) is 11.2. The van der Waals surface area contributed by atoms with E-state index in [0.717, 1.165) is 10.0 Å². The van der Waals surface area contributed by atoms with E-state index in [9.17, 15) is 4.79 Å². The van der Waals surface area contributed by atoms with Gasteiger partial charge >= 0.3 is 5.97 Å². The van der Waals surface area contributed by atoms with Crippen molar-refractivity contribution in [2.45, 2.75) is 6.42 Å². The molecule has 0 aliphatic carbocycles. The summed E-state index contributed by atoms with van der Waals surface area (Å²) in [5, 5.41) is 0. The number of hydrogen-bond acceptors (Lipinski definition) is 3. The third kappa shape index (κ3) is 2.56. The van der Waals surface area contributed by atoms with Crippen LogP contribution in [0.5, 0.6) is 0 Å². The molecule has 0 aliphatic heterocycles. The van der Waals surface area contributed by atoms with E-state index in [0.29, 0.717) is 18.5 Å². The Morgan fingerprint density at radius 2 is 2.29 bits per heavy atom. The highest BCUT2D eigenvalue weighted by Crippen LogP contribution is 2.17. The van der Waals surface area contributed by atoms with Gasteiger partial charge in [0.1, 0.15) is 0 Å². The number of halogens is 1. The van der Waals surface area contributed by atoms with Gasteiger partial charge in [0.15, 0.2) is 0 Å². The third-order valence-electron chi connectivity index (χ3n) is 1.89. The van der Waals surface area contributed by atoms with Gasteiger partial charge in [-0.15, -0.1) is 0 Å². The lowest BCUT2D eigenvalue weighted by atomic mass is 10.1. The number of ether oxygens (including phenoxy) is 1. The molecule has 1 aromatic rings. The van der Waals surface area contributed by atoms with Crippen molar-refractivity contribution in [3.63, 3.8) is 0 Å². The maximum Gasteiger partial charge on any atom is 0.338 e. The molecule has 0 aromatic heterocycles. The Bertz CT molecular complexity index is 339. The Morgan fingerprint density at radius 3 is 2.86 bits per heavy atom. The Balaban J connectivity index is 3.08. The zero-order chi connectivity index (χ0) is 10.6. The lowest BCUT2D eigenvalue weighted by molar-refractivity contribution is 0.0599. The van der Waals surface area contributed by atoms with Gasteiger partial charge in [0.25, 0.3) is 0 Å². The second-order valence-corrected chi connectivity index (χ2v) is 3.75. The van der Waals surface area contributed by atoms with Crippen LogP contribution in [0.2, 0.25) is 0 Å². The summed E-state index contributed by atoms with van der Waals surface area (Å²) in [4.78, 5) is 11.4. The van der Waals surface area contributed by atoms with Crippen molar-refractivity contribution in [1.82, 2.24) is 0 Å². The number of esters is 1. The van der Waals surface area contributed by atoms with Crippen LogP contribution in [-0.2, 0) is 11.2 Å². The maximum atomic E-state index is 11.4. The van der Waals surface area contributed by atoms with E-state index in [-0.39, 0.29) is 5.97 Å². The van der Waals surface area contributed by atoms with Gasteiger partial charge in [0, 0.05) is 4.47 Å². The molecule has 0 unspecified atom stereocenters. The number of carbonyl (C=O) groups is 1. The molecule has 4 heteroatoms. The molecule has 0 aliphatic rings. The molecule has 1 aromatic carbocycles. The molecule has 0 amide bonds. The summed E-state index contributed by atoms with van der Waals surface area (Å²) in [6.45, 7) is 0.519. The first-order chi connectivity index (χ1) is 6.69. The highest BCUT2D eigenvalue weighted by atomic mass is 79.9. The minimum absolute atomic E-state index is 0.324. The van der Waals surface area contributed by atoms with Crippen molar-refractivity contribution < 1.29 is 9.53 Å². The van der Waals surface area contributed by atoms with Crippen LogP contribution in [0.15, 0.2) is 22.7 Å². The second-order valence-electron chi connectivity index (χ2n) is 2.83. The molecular formula is C10H12BrNO2. The molecule has 3 nitrogen and oxygen atoms in total. The average Bonchev–Trinajstić information content (AvgIpc) is 2.20. The number of carbonyl (C=O) groups excluding carboxylic acids is 1. The summed E-state index contributed by atoms with van der Waals surface area (Å²) in [7, 11) is 1.37. The topological polar surface area (TPSA) is 52.3 Å². The first-order valence-electron chi connectivity index (χ1n) is 4.26. The zero-order valence-corrected chi connectivity index (χ0v) is 9.50. The van der Waals surface area contributed by atoms with Crippen molar-refractivity contribution in [2.24, 2.45) is 5.73 Å². The second kappa shape index (κ2) is 5.12. The molecule has 76 valence electrons. The van der Waals surface area contributed by atoms with Crippen LogP contribution >= 0.6 is 15.9 Å². The van der Waals surface area contributed by atoms with Crippen molar-refractivity contribution in [2.75, 3.05) is 13.7 Å². The lowest BCUT2D eigenvalue weighted by Gasteiger charge is -2.06. The van der Waals surface area contributed by atoms with E-state index in [2.05, 4.69) is 20.7 Å². The predicted octanol–water partition coefficient (Wildman–Crippen LogP) is 1.74. The minimum Gasteiger partial charge on any atom is -0.465 e. The Morgan fingerprint density at radius 1 is 1.57 bits per heavy atom. The molecule has 2 N–H and O–H groups in total. The van der Waals surface area contributed by atoms with E-state index >= 15 is 0 Å². The highest BCUT2D eigenvalue weighted by molar-refractivity contribution is 9.10. The Kier molecular flexibility index (Phi) is 4.10. The van der Waals surface area contributed by atoms with Gasteiger partial charge in [0.05, 0.1) is 12.7 Å². The highest BCUT2D eigenvalue weighted by Gasteiger charge is 2.11. The van der Waals surface area contributed by atoms with E-state index in [4.69, 9.17) is 5.73 Å². The average molecular weight is 258 g/mol. The van der Waals surface area contributed by atoms with E-state index in [1.165, 1.54) is 7.11 Å². The summed E-state index contributed by atoms with van der Waals surface area (Å²) in [6.07, 6.45) is 0.678. The van der Waals surface area contributed by atoms with Crippen molar-refractivity contribution in [3.8, 4) is 0 Å². The van der Waals surface area contributed by atoms with Gasteiger partial charge in [0.2, 0.25) is 0 Å². The maximum absolute atomic E-state index is 11.4. The number of nitrogens with two attached hydrogens (primary N) is 1. The van der Waals surface area contributed by atoms with Gasteiger partial charge in [-0.05, 0) is 30.7 Å². The van der Waals surface area contributed by atoms with Gasteiger partial charge in [-0.2, -0.15) is 0 Å². The van der Waals surface area contributed by atoms with Crippen LogP contribution in [0.3, 0.4) is 0 Å². The summed E-state index contributed by atoms with van der Waals surface area (Å²) in [5.74, 6) is -0.324. The van der Waals surface area contributed by atoms with E-state index < -0.39 is 0 Å². The van der Waals surface area contributed by atoms with Crippen molar-refractivity contribution in [1.29, 1.82) is 0 Å². The SMILES string of the molecule is COC(=O)c1cc(Br)ccc1CCN. The molecule has 0 bridgehead atoms. The molecule has 14 heavy (non-hydrogen) atoms. The van der Waals surface area contributed by atoms with E-state index in [1.807, 2.05) is 12.1 Å². The molecule has 0 heterocycles. The predicted molar refractivity (Wildman–Crippen MR) is 58.2 cm³/mol. The van der Waals surface area contributed by atoms with Crippen LogP contribution in [0.1, 0.15) is 15.9 Å². The number of rotatable bonds is 3. The Labute approximate surface area is 91.4 Å². The van der Waals surface area contributed by atoms with Gasteiger partial charge in [-0.1, -0.05) is 22.0 Å². The molecule has 1 rings (SSSR count). The lowest BCUT2D eigenvalue weighted by Crippen LogP contribution is -2.10. The molecule has 0 saturated heterocycles. The number of hydrogen-bond donors (Lipinski definition) is 1. The van der Waals surface area contributed by atoms with Gasteiger partial charge in [-0.25, -0.2) is 4.79 Å². The first-order valence-corrected chi connectivity index (χ1v) is 5.05. The summed E-state index contributed by atoms with van der Waals surface area (Å²) in [6, 6.07) is 5.51. The van der Waals surface area contributed by atoms with Crippen LogP contribution in [0.25, 0.3) is 0 Å². The standard InChI is InChI=1S/C10H12BrNO2/c1-14-10(13)9-6-8(11)3-2-7(9)4-5-12/h2-3,6H,4-5,12H2,1H3. The quantitative estimate of drug-likeness (QED) is 0.840. The fourth-order valence-electron chi connectivity index (χ4n) is 1.22. The number of methoxy groups -OCH3 is 1. The zero-order valence-electron chi connectivity index (χ0n) is 7.92. The van der Waals surface area contributed by atoms with Crippen LogP contribution in [0.4, 0.5) is 0 Å². The van der Waals surface area contributed by atoms with Crippen LogP contribution in [0, 0.1) is 0 Å². The molecule has 0 fully saturated rings. The largest absolute Gasteiger partial charge is 0.465 e. The van der Waals surface area contributed by atoms with E-state index in [1.54, 1.807) is 6.07 Å². The monoisotopic (exact) mass is 257 g/mol. The van der Waals surface area contributed by atoms with Crippen molar-refractivity contribution in [3.05, 3.63) is 33.8 Å². The van der Waals surface area contributed by atoms with Gasteiger partial charge in [-0.3, -0.25) is 0 Å². The fraction of sp³-hybridized carbons (Fsp3) is 0.300. The van der Waals surface area contributed by atoms with Gasteiger partial charge < -0.3 is 10.5 Å².